The maximum Gasteiger partial charge on any atom is 0.255 e. The normalized spacial score (nSPS) is 16.7. The third-order valence-corrected chi connectivity index (χ3v) is 5.57. The minimum Gasteiger partial charge on any atom is -0.343 e. The SMILES string of the molecule is O=C(c1cnc2ccccc2c1)N1CCCC(Cc2cncc(-c3ncc[nH]3)n2)C1. The largest absolute Gasteiger partial charge is 0.343 e. The van der Waals surface area contributed by atoms with Gasteiger partial charge in [-0.2, -0.15) is 0 Å². The summed E-state index contributed by atoms with van der Waals surface area (Å²) in [5.41, 5.74) is 3.22. The zero-order chi connectivity index (χ0) is 20.3. The summed E-state index contributed by atoms with van der Waals surface area (Å²) < 4.78 is 0. The predicted octanol–water partition coefficient (Wildman–Crippen LogP) is 3.51. The van der Waals surface area contributed by atoms with Gasteiger partial charge in [-0.05, 0) is 37.3 Å². The topological polar surface area (TPSA) is 87.7 Å². The summed E-state index contributed by atoms with van der Waals surface area (Å²) in [6.45, 7) is 1.50. The molecule has 1 unspecified atom stereocenters. The van der Waals surface area contributed by atoms with Crippen molar-refractivity contribution in [2.45, 2.75) is 19.3 Å². The number of nitrogens with zero attached hydrogens (tertiary/aromatic N) is 5. The Bertz CT molecular complexity index is 1170. The molecule has 7 heteroatoms. The molecule has 1 aromatic carbocycles. The molecule has 7 nitrogen and oxygen atoms in total. The number of amides is 1. The van der Waals surface area contributed by atoms with E-state index in [0.717, 1.165) is 54.6 Å². The Balaban J connectivity index is 1.30. The van der Waals surface area contributed by atoms with E-state index in [0.29, 0.717) is 17.3 Å². The van der Waals surface area contributed by atoms with Gasteiger partial charge in [-0.25, -0.2) is 9.97 Å². The van der Waals surface area contributed by atoms with E-state index >= 15 is 0 Å². The number of carbonyl (C=O) groups is 1. The first kappa shape index (κ1) is 18.4. The van der Waals surface area contributed by atoms with E-state index in [4.69, 9.17) is 4.98 Å². The second kappa shape index (κ2) is 8.02. The molecule has 1 saturated heterocycles. The molecule has 0 spiro atoms. The molecule has 0 bridgehead atoms. The lowest BCUT2D eigenvalue weighted by molar-refractivity contribution is 0.0672. The summed E-state index contributed by atoms with van der Waals surface area (Å²) >= 11 is 0. The van der Waals surface area contributed by atoms with Crippen molar-refractivity contribution < 1.29 is 4.79 Å². The number of carbonyl (C=O) groups excluding carboxylic acids is 1. The number of pyridine rings is 1. The highest BCUT2D eigenvalue weighted by molar-refractivity contribution is 5.97. The summed E-state index contributed by atoms with van der Waals surface area (Å²) in [6, 6.07) is 9.80. The quantitative estimate of drug-likeness (QED) is 0.568. The van der Waals surface area contributed by atoms with Crippen LogP contribution in [0.2, 0.25) is 0 Å². The van der Waals surface area contributed by atoms with Gasteiger partial charge in [-0.15, -0.1) is 0 Å². The van der Waals surface area contributed by atoms with Crippen LogP contribution in [0.3, 0.4) is 0 Å². The number of H-pyrrole nitrogens is 1. The third-order valence-electron chi connectivity index (χ3n) is 5.57. The fourth-order valence-electron chi connectivity index (χ4n) is 4.11. The first-order valence-electron chi connectivity index (χ1n) is 10.2. The molecule has 4 heterocycles. The Hall–Kier alpha value is -3.61. The second-order valence-corrected chi connectivity index (χ2v) is 7.71. The molecule has 0 saturated carbocycles. The lowest BCUT2D eigenvalue weighted by atomic mass is 9.93. The Morgan fingerprint density at radius 3 is 3.00 bits per heavy atom. The molecule has 3 aromatic heterocycles. The standard InChI is InChI=1S/C23H22N6O/c30-23(18-11-17-5-1-2-6-20(17)27-12-18)29-9-3-4-16(15-29)10-19-13-24-14-21(28-19)22-25-7-8-26-22/h1-2,5-8,11-14,16H,3-4,9-10,15H2,(H,25,26). The highest BCUT2D eigenvalue weighted by Crippen LogP contribution is 2.23. The summed E-state index contributed by atoms with van der Waals surface area (Å²) in [4.78, 5) is 35.8. The number of hydrogen-bond donors (Lipinski definition) is 1. The van der Waals surface area contributed by atoms with Gasteiger partial charge >= 0.3 is 0 Å². The number of piperidine rings is 1. The van der Waals surface area contributed by atoms with E-state index in [1.54, 1.807) is 31.0 Å². The number of imidazole rings is 1. The van der Waals surface area contributed by atoms with Crippen molar-refractivity contribution in [1.29, 1.82) is 0 Å². The summed E-state index contributed by atoms with van der Waals surface area (Å²) in [5.74, 6) is 1.12. The van der Waals surface area contributed by atoms with Gasteiger partial charge in [0.2, 0.25) is 0 Å². The Labute approximate surface area is 174 Å². The molecule has 1 aliphatic rings. The van der Waals surface area contributed by atoms with Crippen LogP contribution in [0.4, 0.5) is 0 Å². The van der Waals surface area contributed by atoms with Gasteiger partial charge in [-0.1, -0.05) is 18.2 Å². The zero-order valence-electron chi connectivity index (χ0n) is 16.5. The van der Waals surface area contributed by atoms with Crippen LogP contribution in [-0.2, 0) is 6.42 Å². The number of rotatable bonds is 4. The van der Waals surface area contributed by atoms with Crippen LogP contribution >= 0.6 is 0 Å². The Morgan fingerprint density at radius 1 is 1.17 bits per heavy atom. The second-order valence-electron chi connectivity index (χ2n) is 7.71. The van der Waals surface area contributed by atoms with E-state index in [1.807, 2.05) is 35.2 Å². The van der Waals surface area contributed by atoms with Gasteiger partial charge < -0.3 is 9.88 Å². The molecule has 1 atom stereocenters. The fraction of sp³-hybridized carbons (Fsp3) is 0.261. The van der Waals surface area contributed by atoms with Gasteiger partial charge in [0.1, 0.15) is 5.69 Å². The first-order chi connectivity index (χ1) is 14.8. The summed E-state index contributed by atoms with van der Waals surface area (Å²) in [5, 5.41) is 0.988. The average Bonchev–Trinajstić information content (AvgIpc) is 3.34. The van der Waals surface area contributed by atoms with Crippen LogP contribution in [0.1, 0.15) is 28.9 Å². The van der Waals surface area contributed by atoms with Gasteiger partial charge in [-0.3, -0.25) is 14.8 Å². The van der Waals surface area contributed by atoms with Crippen molar-refractivity contribution in [3.63, 3.8) is 0 Å². The lowest BCUT2D eigenvalue weighted by Gasteiger charge is -2.32. The predicted molar refractivity (Wildman–Crippen MR) is 114 cm³/mol. The van der Waals surface area contributed by atoms with E-state index in [9.17, 15) is 4.79 Å². The Kier molecular flexibility index (Phi) is 4.93. The van der Waals surface area contributed by atoms with Crippen molar-refractivity contribution in [3.8, 4) is 11.5 Å². The van der Waals surface area contributed by atoms with E-state index in [2.05, 4.69) is 19.9 Å². The number of nitrogens with one attached hydrogen (secondary N) is 1. The van der Waals surface area contributed by atoms with E-state index in [1.165, 1.54) is 0 Å². The van der Waals surface area contributed by atoms with Crippen molar-refractivity contribution in [1.82, 2.24) is 29.8 Å². The highest BCUT2D eigenvalue weighted by atomic mass is 16.2. The molecule has 30 heavy (non-hydrogen) atoms. The van der Waals surface area contributed by atoms with Crippen LogP contribution in [-0.4, -0.2) is 48.8 Å². The molecule has 5 rings (SSSR count). The zero-order valence-corrected chi connectivity index (χ0v) is 16.5. The van der Waals surface area contributed by atoms with Crippen molar-refractivity contribution in [3.05, 3.63) is 72.6 Å². The molecule has 1 fully saturated rings. The van der Waals surface area contributed by atoms with Crippen molar-refractivity contribution >= 4 is 16.8 Å². The molecule has 1 aliphatic heterocycles. The summed E-state index contributed by atoms with van der Waals surface area (Å²) in [7, 11) is 0. The number of hydrogen-bond acceptors (Lipinski definition) is 5. The fourth-order valence-corrected chi connectivity index (χ4v) is 4.11. The maximum atomic E-state index is 13.1. The number of aromatic amines is 1. The van der Waals surface area contributed by atoms with Gasteiger partial charge in [0.25, 0.3) is 5.91 Å². The third kappa shape index (κ3) is 3.78. The lowest BCUT2D eigenvalue weighted by Crippen LogP contribution is -2.40. The molecular formula is C23H22N6O. The molecule has 0 radical (unpaired) electrons. The number of benzene rings is 1. The van der Waals surface area contributed by atoms with E-state index < -0.39 is 0 Å². The van der Waals surface area contributed by atoms with Crippen molar-refractivity contribution in [2.75, 3.05) is 13.1 Å². The first-order valence-corrected chi connectivity index (χ1v) is 10.2. The minimum atomic E-state index is 0.0494. The molecule has 150 valence electrons. The van der Waals surface area contributed by atoms with Crippen LogP contribution in [0.25, 0.3) is 22.4 Å². The summed E-state index contributed by atoms with van der Waals surface area (Å²) in [6.07, 6.45) is 11.5. The average molecular weight is 398 g/mol. The smallest absolute Gasteiger partial charge is 0.255 e. The number of likely N-dealkylation sites (tertiary alicyclic amines) is 1. The van der Waals surface area contributed by atoms with Crippen LogP contribution in [0.15, 0.2) is 61.3 Å². The minimum absolute atomic E-state index is 0.0494. The number of fused-ring (bicyclic) bond motifs is 1. The van der Waals surface area contributed by atoms with E-state index in [-0.39, 0.29) is 5.91 Å². The molecule has 4 aromatic rings. The van der Waals surface area contributed by atoms with Crippen LogP contribution < -0.4 is 0 Å². The maximum absolute atomic E-state index is 13.1. The monoisotopic (exact) mass is 398 g/mol. The van der Waals surface area contributed by atoms with Crippen LogP contribution in [0.5, 0.6) is 0 Å². The van der Waals surface area contributed by atoms with Gasteiger partial charge in [0.15, 0.2) is 5.82 Å². The Morgan fingerprint density at radius 2 is 2.10 bits per heavy atom. The van der Waals surface area contributed by atoms with Crippen LogP contribution in [0, 0.1) is 5.92 Å². The van der Waals surface area contributed by atoms with Gasteiger partial charge in [0, 0.05) is 43.3 Å². The number of aromatic nitrogens is 5. The van der Waals surface area contributed by atoms with Gasteiger partial charge in [0.05, 0.1) is 23.0 Å². The molecule has 1 amide bonds. The highest BCUT2D eigenvalue weighted by Gasteiger charge is 2.25. The molecule has 0 aliphatic carbocycles. The van der Waals surface area contributed by atoms with Crippen molar-refractivity contribution in [2.24, 2.45) is 5.92 Å². The molecular weight excluding hydrogens is 376 g/mol. The number of para-hydroxylation sites is 1. The molecule has 1 N–H and O–H groups in total.